The van der Waals surface area contributed by atoms with Crippen molar-refractivity contribution >= 4 is 35.2 Å². The van der Waals surface area contributed by atoms with E-state index in [4.69, 9.17) is 11.6 Å². The number of allylic oxidation sites excluding steroid dienone is 2. The van der Waals surface area contributed by atoms with Crippen LogP contribution in [-0.2, 0) is 19.2 Å². The number of nitrogens with zero attached hydrogens (tertiary/aromatic N) is 2. The summed E-state index contributed by atoms with van der Waals surface area (Å²) in [5.41, 5.74) is 0.934. The van der Waals surface area contributed by atoms with Crippen LogP contribution < -0.4 is 0 Å². The van der Waals surface area contributed by atoms with Gasteiger partial charge in [0.15, 0.2) is 0 Å². The summed E-state index contributed by atoms with van der Waals surface area (Å²) in [6, 6.07) is 4.35. The first-order chi connectivity index (χ1) is 14.2. The fourth-order valence-corrected chi connectivity index (χ4v) is 5.86. The molecule has 2 aliphatic heterocycles. The number of hydrogen-bond donors (Lipinski definition) is 3. The Kier molecular flexibility index (Phi) is 4.08. The van der Waals surface area contributed by atoms with E-state index >= 15 is 0 Å². The van der Waals surface area contributed by atoms with E-state index in [1.165, 1.54) is 18.2 Å². The van der Waals surface area contributed by atoms with Crippen LogP contribution in [0.5, 0.6) is 5.75 Å². The molecule has 0 aromatic heterocycles. The van der Waals surface area contributed by atoms with Gasteiger partial charge in [-0.05, 0) is 37.0 Å². The van der Waals surface area contributed by atoms with Crippen molar-refractivity contribution in [3.63, 3.8) is 0 Å². The van der Waals surface area contributed by atoms with Crippen molar-refractivity contribution in [1.82, 2.24) is 10.1 Å². The highest BCUT2D eigenvalue weighted by Gasteiger charge is 2.62. The topological polar surface area (TPSA) is 135 Å². The molecular formula is C20H17ClN2O7. The number of hydroxylamine groups is 4. The third-order valence-corrected chi connectivity index (χ3v) is 7.16. The molecule has 2 saturated heterocycles. The maximum Gasteiger partial charge on any atom is 0.258 e. The van der Waals surface area contributed by atoms with E-state index in [-0.39, 0.29) is 28.7 Å². The molecule has 2 aliphatic carbocycles. The molecule has 6 unspecified atom stereocenters. The maximum atomic E-state index is 12.7. The molecule has 156 valence electrons. The number of phenolic OH excluding ortho intramolecular Hbond substituents is 1. The minimum Gasteiger partial charge on any atom is -0.508 e. The largest absolute Gasteiger partial charge is 0.508 e. The van der Waals surface area contributed by atoms with Crippen molar-refractivity contribution in [3.8, 4) is 5.75 Å². The highest BCUT2D eigenvalue weighted by atomic mass is 35.5. The number of halogens is 1. The summed E-state index contributed by atoms with van der Waals surface area (Å²) in [7, 11) is 0. The SMILES string of the molecule is O=C1C2CC=C3C(CC4C(=O)N(O)C(=O)C4C3c3cc(Cl)ccc3O)C2C(=O)N1O. The number of imide groups is 2. The first kappa shape index (κ1) is 19.2. The van der Waals surface area contributed by atoms with Crippen molar-refractivity contribution in [3.05, 3.63) is 40.4 Å². The number of phenols is 1. The van der Waals surface area contributed by atoms with Gasteiger partial charge < -0.3 is 5.11 Å². The van der Waals surface area contributed by atoms with Crippen LogP contribution in [0.15, 0.2) is 29.8 Å². The van der Waals surface area contributed by atoms with Gasteiger partial charge in [0.05, 0.1) is 23.7 Å². The van der Waals surface area contributed by atoms with Gasteiger partial charge in [-0.1, -0.05) is 23.3 Å². The molecule has 5 rings (SSSR count). The molecule has 30 heavy (non-hydrogen) atoms. The van der Waals surface area contributed by atoms with E-state index in [1.807, 2.05) is 0 Å². The van der Waals surface area contributed by atoms with E-state index in [1.54, 1.807) is 6.08 Å². The monoisotopic (exact) mass is 432 g/mol. The molecule has 0 bridgehead atoms. The molecule has 6 atom stereocenters. The number of fused-ring (bicyclic) bond motifs is 4. The average Bonchev–Trinajstić information content (AvgIpc) is 3.08. The average molecular weight is 433 g/mol. The summed E-state index contributed by atoms with van der Waals surface area (Å²) >= 11 is 6.12. The lowest BCUT2D eigenvalue weighted by Crippen LogP contribution is -2.43. The smallest absolute Gasteiger partial charge is 0.258 e. The minimum absolute atomic E-state index is 0.0734. The third-order valence-electron chi connectivity index (χ3n) is 6.93. The van der Waals surface area contributed by atoms with Crippen LogP contribution >= 0.6 is 11.6 Å². The van der Waals surface area contributed by atoms with Gasteiger partial charge in [-0.25, -0.2) is 0 Å². The first-order valence-electron chi connectivity index (χ1n) is 9.54. The Labute approximate surface area is 175 Å². The van der Waals surface area contributed by atoms with Crippen LogP contribution in [0.4, 0.5) is 0 Å². The highest BCUT2D eigenvalue weighted by molar-refractivity contribution is 6.30. The van der Waals surface area contributed by atoms with E-state index in [2.05, 4.69) is 0 Å². The van der Waals surface area contributed by atoms with Gasteiger partial charge in [-0.2, -0.15) is 10.1 Å². The Morgan fingerprint density at radius 3 is 2.20 bits per heavy atom. The van der Waals surface area contributed by atoms with Gasteiger partial charge in [0.25, 0.3) is 23.6 Å². The number of benzene rings is 1. The molecule has 3 fully saturated rings. The number of carbonyl (C=O) groups excluding carboxylic acids is 4. The maximum absolute atomic E-state index is 12.7. The number of rotatable bonds is 1. The quantitative estimate of drug-likeness (QED) is 0.347. The Bertz CT molecular complexity index is 1050. The first-order valence-corrected chi connectivity index (χ1v) is 9.92. The van der Waals surface area contributed by atoms with Gasteiger partial charge in [0.2, 0.25) is 0 Å². The lowest BCUT2D eigenvalue weighted by molar-refractivity contribution is -0.174. The van der Waals surface area contributed by atoms with Crippen LogP contribution in [-0.4, -0.2) is 49.3 Å². The molecule has 3 N–H and O–H groups in total. The van der Waals surface area contributed by atoms with Crippen molar-refractivity contribution in [2.24, 2.45) is 29.6 Å². The second-order valence-electron chi connectivity index (χ2n) is 8.20. The number of amides is 4. The second-order valence-corrected chi connectivity index (χ2v) is 8.64. The van der Waals surface area contributed by atoms with Crippen molar-refractivity contribution in [1.29, 1.82) is 0 Å². The second kappa shape index (κ2) is 6.37. The van der Waals surface area contributed by atoms with Crippen LogP contribution in [0.3, 0.4) is 0 Å². The summed E-state index contributed by atoms with van der Waals surface area (Å²) in [6.07, 6.45) is 2.00. The fourth-order valence-electron chi connectivity index (χ4n) is 5.68. The normalized spacial score (nSPS) is 35.4. The summed E-state index contributed by atoms with van der Waals surface area (Å²) < 4.78 is 0. The molecule has 9 nitrogen and oxygen atoms in total. The zero-order chi connectivity index (χ0) is 21.5. The minimum atomic E-state index is -0.969. The lowest BCUT2D eigenvalue weighted by atomic mass is 9.57. The molecule has 0 radical (unpaired) electrons. The molecule has 2 heterocycles. The summed E-state index contributed by atoms with van der Waals surface area (Å²) in [5, 5.41) is 30.9. The van der Waals surface area contributed by atoms with Gasteiger partial charge in [0, 0.05) is 16.5 Å². The molecule has 1 aromatic rings. The van der Waals surface area contributed by atoms with E-state index in [9.17, 15) is 34.7 Å². The standard InChI is InChI=1S/C20H17ClN2O7/c21-7-1-4-13(24)11(5-7)14-8-2-3-9-15(19(27)22(29)17(9)25)10(8)6-12-16(14)20(28)23(30)18(12)26/h1-2,4-5,9-10,12,14-16,24,29-30H,3,6H2. The highest BCUT2D eigenvalue weighted by Crippen LogP contribution is 2.58. The van der Waals surface area contributed by atoms with E-state index < -0.39 is 59.1 Å². The third kappa shape index (κ3) is 2.36. The van der Waals surface area contributed by atoms with Gasteiger partial charge in [0.1, 0.15) is 5.75 Å². The molecule has 4 aliphatic rings. The molecule has 0 spiro atoms. The molecule has 4 amide bonds. The summed E-state index contributed by atoms with van der Waals surface area (Å²) in [6.45, 7) is 0. The summed E-state index contributed by atoms with van der Waals surface area (Å²) in [4.78, 5) is 50.2. The Balaban J connectivity index is 1.69. The Morgan fingerprint density at radius 2 is 1.50 bits per heavy atom. The lowest BCUT2D eigenvalue weighted by Gasteiger charge is -2.43. The predicted molar refractivity (Wildman–Crippen MR) is 97.9 cm³/mol. The molecule has 1 saturated carbocycles. The zero-order valence-corrected chi connectivity index (χ0v) is 16.2. The molecular weight excluding hydrogens is 416 g/mol. The number of carbonyl (C=O) groups is 4. The van der Waals surface area contributed by atoms with Crippen molar-refractivity contribution in [2.75, 3.05) is 0 Å². The van der Waals surface area contributed by atoms with Crippen molar-refractivity contribution in [2.45, 2.75) is 18.8 Å². The molecule has 10 heteroatoms. The van der Waals surface area contributed by atoms with Crippen LogP contribution in [0.25, 0.3) is 0 Å². The predicted octanol–water partition coefficient (Wildman–Crippen LogP) is 1.46. The van der Waals surface area contributed by atoms with Crippen LogP contribution in [0.2, 0.25) is 5.02 Å². The Hall–Kier alpha value is -2.75. The summed E-state index contributed by atoms with van der Waals surface area (Å²) in [5.74, 6) is -8.08. The van der Waals surface area contributed by atoms with E-state index in [0.29, 0.717) is 16.2 Å². The van der Waals surface area contributed by atoms with Crippen molar-refractivity contribution < 1.29 is 34.7 Å². The fraction of sp³-hybridized carbons (Fsp3) is 0.400. The number of aromatic hydroxyl groups is 1. The van der Waals surface area contributed by atoms with E-state index in [0.717, 1.165) is 0 Å². The van der Waals surface area contributed by atoms with Gasteiger partial charge >= 0.3 is 0 Å². The Morgan fingerprint density at radius 1 is 0.867 bits per heavy atom. The number of hydrogen-bond acceptors (Lipinski definition) is 7. The molecule has 1 aromatic carbocycles. The van der Waals surface area contributed by atoms with Gasteiger partial charge in [-0.3, -0.25) is 29.6 Å². The zero-order valence-electron chi connectivity index (χ0n) is 15.4. The van der Waals surface area contributed by atoms with Crippen LogP contribution in [0.1, 0.15) is 24.3 Å². The van der Waals surface area contributed by atoms with Gasteiger partial charge in [-0.15, -0.1) is 0 Å². The van der Waals surface area contributed by atoms with Crippen LogP contribution in [0, 0.1) is 29.6 Å².